The Kier molecular flexibility index (Phi) is 4.87. The summed E-state index contributed by atoms with van der Waals surface area (Å²) < 4.78 is 13.8. The first-order valence-corrected chi connectivity index (χ1v) is 9.36. The number of hydrogen-bond acceptors (Lipinski definition) is 6. The highest BCUT2D eigenvalue weighted by Gasteiger charge is 2.25. The first-order valence-electron chi connectivity index (χ1n) is 9.36. The van der Waals surface area contributed by atoms with Gasteiger partial charge in [0.1, 0.15) is 5.82 Å². The van der Waals surface area contributed by atoms with Crippen molar-refractivity contribution in [1.29, 1.82) is 0 Å². The van der Waals surface area contributed by atoms with E-state index in [1.54, 1.807) is 4.90 Å². The van der Waals surface area contributed by atoms with Crippen LogP contribution in [0.25, 0.3) is 0 Å². The number of carbonyl (C=O) groups excluding carboxylic acids is 1. The van der Waals surface area contributed by atoms with Crippen molar-refractivity contribution >= 4 is 17.7 Å². The lowest BCUT2D eigenvalue weighted by molar-refractivity contribution is 0.0741. The van der Waals surface area contributed by atoms with E-state index in [1.165, 1.54) is 25.1 Å². The highest BCUT2D eigenvalue weighted by Crippen LogP contribution is 2.22. The van der Waals surface area contributed by atoms with Gasteiger partial charge in [-0.2, -0.15) is 4.98 Å². The third kappa shape index (κ3) is 3.70. The lowest BCUT2D eigenvalue weighted by Crippen LogP contribution is -2.49. The van der Waals surface area contributed by atoms with E-state index in [0.717, 1.165) is 36.7 Å². The van der Waals surface area contributed by atoms with Crippen molar-refractivity contribution in [2.75, 3.05) is 49.1 Å². The summed E-state index contributed by atoms with van der Waals surface area (Å²) in [6.07, 6.45) is 4.88. The second-order valence-corrected chi connectivity index (χ2v) is 7.00. The molecule has 4 rings (SSSR count). The number of anilines is 2. The molecule has 0 bridgehead atoms. The van der Waals surface area contributed by atoms with Crippen LogP contribution in [0.2, 0.25) is 0 Å². The maximum atomic E-state index is 13.8. The van der Waals surface area contributed by atoms with Crippen LogP contribution < -0.4 is 9.80 Å². The molecule has 0 N–H and O–H groups in total. The molecule has 7 nitrogen and oxygen atoms in total. The van der Waals surface area contributed by atoms with E-state index in [4.69, 9.17) is 4.98 Å². The van der Waals surface area contributed by atoms with Crippen molar-refractivity contribution < 1.29 is 9.18 Å². The SMILES string of the molecule is Cc1cc(N2CCN(C(=O)c3ccncc3F)CC2)nc(N2CCCC2)n1. The fourth-order valence-corrected chi connectivity index (χ4v) is 3.61. The zero-order valence-corrected chi connectivity index (χ0v) is 15.4. The van der Waals surface area contributed by atoms with Gasteiger partial charge in [0.15, 0.2) is 5.82 Å². The maximum Gasteiger partial charge on any atom is 0.257 e. The van der Waals surface area contributed by atoms with Crippen LogP contribution in [0.5, 0.6) is 0 Å². The van der Waals surface area contributed by atoms with Gasteiger partial charge in [0.2, 0.25) is 5.95 Å². The molecule has 2 aromatic heterocycles. The van der Waals surface area contributed by atoms with Crippen LogP contribution in [0.3, 0.4) is 0 Å². The van der Waals surface area contributed by atoms with Gasteiger partial charge in [0.05, 0.1) is 11.8 Å². The Morgan fingerprint density at radius 1 is 1.04 bits per heavy atom. The number of rotatable bonds is 3. The van der Waals surface area contributed by atoms with E-state index in [9.17, 15) is 9.18 Å². The average molecular weight is 370 g/mol. The summed E-state index contributed by atoms with van der Waals surface area (Å²) in [5.41, 5.74) is 1.02. The molecule has 0 atom stereocenters. The molecule has 0 unspecified atom stereocenters. The highest BCUT2D eigenvalue weighted by molar-refractivity contribution is 5.94. The quantitative estimate of drug-likeness (QED) is 0.822. The van der Waals surface area contributed by atoms with Crippen LogP contribution in [0.15, 0.2) is 24.5 Å². The largest absolute Gasteiger partial charge is 0.353 e. The number of aromatic nitrogens is 3. The molecule has 2 saturated heterocycles. The fourth-order valence-electron chi connectivity index (χ4n) is 3.61. The number of nitrogens with zero attached hydrogens (tertiary/aromatic N) is 6. The molecule has 2 aliphatic rings. The zero-order chi connectivity index (χ0) is 18.8. The van der Waals surface area contributed by atoms with E-state index in [0.29, 0.717) is 26.2 Å². The topological polar surface area (TPSA) is 65.5 Å². The summed E-state index contributed by atoms with van der Waals surface area (Å²) in [5.74, 6) is 0.823. The van der Waals surface area contributed by atoms with E-state index in [-0.39, 0.29) is 11.5 Å². The number of hydrogen-bond donors (Lipinski definition) is 0. The minimum atomic E-state index is -0.577. The molecule has 142 valence electrons. The van der Waals surface area contributed by atoms with Crippen molar-refractivity contribution in [2.24, 2.45) is 0 Å². The Morgan fingerprint density at radius 2 is 1.78 bits per heavy atom. The summed E-state index contributed by atoms with van der Waals surface area (Å²) >= 11 is 0. The van der Waals surface area contributed by atoms with Gasteiger partial charge in [0.25, 0.3) is 5.91 Å². The van der Waals surface area contributed by atoms with Crippen LogP contribution in [-0.2, 0) is 0 Å². The molecule has 27 heavy (non-hydrogen) atoms. The Bertz CT molecular complexity index is 831. The Hall–Kier alpha value is -2.77. The van der Waals surface area contributed by atoms with Crippen molar-refractivity contribution in [2.45, 2.75) is 19.8 Å². The minimum absolute atomic E-state index is 0.0765. The first-order chi connectivity index (χ1) is 13.1. The van der Waals surface area contributed by atoms with E-state index >= 15 is 0 Å². The third-order valence-electron chi connectivity index (χ3n) is 5.11. The van der Waals surface area contributed by atoms with Crippen LogP contribution in [-0.4, -0.2) is 65.0 Å². The van der Waals surface area contributed by atoms with Crippen molar-refractivity contribution in [3.05, 3.63) is 41.6 Å². The number of amides is 1. The van der Waals surface area contributed by atoms with Gasteiger partial charge in [-0.15, -0.1) is 0 Å². The molecule has 0 saturated carbocycles. The Labute approximate surface area is 157 Å². The standard InChI is InChI=1S/C19H23FN6O/c1-14-12-17(23-19(22-14)26-6-2-3-7-26)24-8-10-25(11-9-24)18(27)15-4-5-21-13-16(15)20/h4-5,12-13H,2-3,6-11H2,1H3. The van der Waals surface area contributed by atoms with Crippen LogP contribution in [0.1, 0.15) is 28.9 Å². The zero-order valence-electron chi connectivity index (χ0n) is 15.4. The van der Waals surface area contributed by atoms with Crippen molar-refractivity contribution in [3.8, 4) is 0 Å². The summed E-state index contributed by atoms with van der Waals surface area (Å²) in [6, 6.07) is 3.42. The third-order valence-corrected chi connectivity index (χ3v) is 5.11. The van der Waals surface area contributed by atoms with E-state index < -0.39 is 5.82 Å². The highest BCUT2D eigenvalue weighted by atomic mass is 19.1. The Balaban J connectivity index is 1.45. The van der Waals surface area contributed by atoms with Gasteiger partial charge in [0, 0.05) is 57.2 Å². The second-order valence-electron chi connectivity index (χ2n) is 7.00. The summed E-state index contributed by atoms with van der Waals surface area (Å²) in [7, 11) is 0. The van der Waals surface area contributed by atoms with Gasteiger partial charge in [-0.05, 0) is 25.8 Å². The van der Waals surface area contributed by atoms with Gasteiger partial charge >= 0.3 is 0 Å². The van der Waals surface area contributed by atoms with Crippen LogP contribution in [0.4, 0.5) is 16.2 Å². The molecular weight excluding hydrogens is 347 g/mol. The van der Waals surface area contributed by atoms with Gasteiger partial charge in [-0.1, -0.05) is 0 Å². The second kappa shape index (κ2) is 7.46. The summed E-state index contributed by atoms with van der Waals surface area (Å²) in [6.45, 7) is 6.37. The predicted molar refractivity (Wildman–Crippen MR) is 101 cm³/mol. The lowest BCUT2D eigenvalue weighted by atomic mass is 10.2. The number of pyridine rings is 1. The van der Waals surface area contributed by atoms with Crippen molar-refractivity contribution in [3.63, 3.8) is 0 Å². The lowest BCUT2D eigenvalue weighted by Gasteiger charge is -2.35. The maximum absolute atomic E-state index is 13.8. The molecule has 4 heterocycles. The molecule has 2 aromatic rings. The first kappa shape index (κ1) is 17.6. The molecule has 0 radical (unpaired) electrons. The number of aryl methyl sites for hydroxylation is 1. The van der Waals surface area contributed by atoms with Crippen LogP contribution >= 0.6 is 0 Å². The summed E-state index contributed by atoms with van der Waals surface area (Å²) in [4.78, 5) is 31.7. The molecule has 2 aliphatic heterocycles. The normalized spacial score (nSPS) is 17.5. The van der Waals surface area contributed by atoms with E-state index in [1.807, 2.05) is 13.0 Å². The molecule has 1 amide bonds. The number of carbonyl (C=O) groups is 1. The monoisotopic (exact) mass is 370 g/mol. The van der Waals surface area contributed by atoms with Gasteiger partial charge in [-0.3, -0.25) is 9.78 Å². The van der Waals surface area contributed by atoms with Gasteiger partial charge in [-0.25, -0.2) is 9.37 Å². The van der Waals surface area contributed by atoms with Gasteiger partial charge < -0.3 is 14.7 Å². The molecule has 0 spiro atoms. The molecule has 2 fully saturated rings. The number of halogens is 1. The number of piperazine rings is 1. The predicted octanol–water partition coefficient (Wildman–Crippen LogP) is 1.88. The van der Waals surface area contributed by atoms with E-state index in [2.05, 4.69) is 19.8 Å². The smallest absolute Gasteiger partial charge is 0.257 e. The fraction of sp³-hybridized carbons (Fsp3) is 0.474. The average Bonchev–Trinajstić information content (AvgIpc) is 3.22. The molecule has 0 aliphatic carbocycles. The van der Waals surface area contributed by atoms with Crippen LogP contribution in [0, 0.1) is 12.7 Å². The summed E-state index contributed by atoms with van der Waals surface area (Å²) in [5, 5.41) is 0. The minimum Gasteiger partial charge on any atom is -0.353 e. The molecule has 0 aromatic carbocycles. The Morgan fingerprint density at radius 3 is 2.48 bits per heavy atom. The van der Waals surface area contributed by atoms with Crippen molar-refractivity contribution in [1.82, 2.24) is 19.9 Å². The molecular formula is C19H23FN6O. The molecule has 8 heteroatoms.